The second-order valence-electron chi connectivity index (χ2n) is 3.38. The van der Waals surface area contributed by atoms with Crippen LogP contribution in [0.3, 0.4) is 0 Å². The van der Waals surface area contributed by atoms with Gasteiger partial charge < -0.3 is 15.9 Å². The molecule has 0 spiro atoms. The third-order valence-corrected chi connectivity index (χ3v) is 2.53. The lowest BCUT2D eigenvalue weighted by Crippen LogP contribution is -2.41. The molecule has 3 heteroatoms. The lowest BCUT2D eigenvalue weighted by Gasteiger charge is -2.22. The van der Waals surface area contributed by atoms with Gasteiger partial charge in [0.25, 0.3) is 0 Å². The van der Waals surface area contributed by atoms with E-state index in [4.69, 9.17) is 10.8 Å². The van der Waals surface area contributed by atoms with Gasteiger partial charge in [-0.3, -0.25) is 0 Å². The van der Waals surface area contributed by atoms with Gasteiger partial charge >= 0.3 is 0 Å². The van der Waals surface area contributed by atoms with Crippen LogP contribution in [0.1, 0.15) is 25.7 Å². The van der Waals surface area contributed by atoms with Crippen molar-refractivity contribution in [1.29, 1.82) is 0 Å². The molecule has 0 aromatic carbocycles. The molecule has 66 valence electrons. The minimum absolute atomic E-state index is 0.113. The van der Waals surface area contributed by atoms with Crippen LogP contribution in [0.15, 0.2) is 0 Å². The largest absolute Gasteiger partial charge is 0.395 e. The van der Waals surface area contributed by atoms with Gasteiger partial charge in [-0.1, -0.05) is 12.8 Å². The zero-order chi connectivity index (χ0) is 8.27. The molecule has 0 radical (unpaired) electrons. The van der Waals surface area contributed by atoms with Gasteiger partial charge in [0.05, 0.1) is 18.8 Å². The first kappa shape index (κ1) is 8.97. The summed E-state index contributed by atoms with van der Waals surface area (Å²) >= 11 is 0. The van der Waals surface area contributed by atoms with E-state index in [2.05, 4.69) is 0 Å². The molecule has 0 amide bonds. The van der Waals surface area contributed by atoms with Crippen LogP contribution in [0.4, 0.5) is 0 Å². The van der Waals surface area contributed by atoms with Gasteiger partial charge in [0, 0.05) is 0 Å². The molecule has 1 aliphatic rings. The molecular formula is C8H17NO2. The fraction of sp³-hybridized carbons (Fsp3) is 1.00. The van der Waals surface area contributed by atoms with Crippen LogP contribution in [0.25, 0.3) is 0 Å². The molecular weight excluding hydrogens is 142 g/mol. The van der Waals surface area contributed by atoms with Crippen LogP contribution < -0.4 is 5.73 Å². The van der Waals surface area contributed by atoms with Crippen LogP contribution in [-0.4, -0.2) is 29.0 Å². The van der Waals surface area contributed by atoms with E-state index >= 15 is 0 Å². The molecule has 1 saturated carbocycles. The Morgan fingerprint density at radius 1 is 1.36 bits per heavy atom. The van der Waals surface area contributed by atoms with Gasteiger partial charge in [0.15, 0.2) is 0 Å². The third-order valence-electron chi connectivity index (χ3n) is 2.53. The highest BCUT2D eigenvalue weighted by atomic mass is 16.3. The highest BCUT2D eigenvalue weighted by Gasteiger charge is 2.27. The molecule has 0 aromatic rings. The Kier molecular flexibility index (Phi) is 3.30. The normalized spacial score (nSPS) is 25.4. The Balaban J connectivity index is 2.32. The van der Waals surface area contributed by atoms with Crippen molar-refractivity contribution in [3.05, 3.63) is 0 Å². The first-order chi connectivity index (χ1) is 5.25. The standard InChI is InChI=1S/C8H17NO2/c9-7(5-10)8(11)6-3-1-2-4-6/h6-8,10-11H,1-5,9H2/t7-,8-/m0/s1. The summed E-state index contributed by atoms with van der Waals surface area (Å²) in [5.74, 6) is 0.331. The maximum atomic E-state index is 9.53. The third kappa shape index (κ3) is 2.15. The molecule has 0 unspecified atom stereocenters. The molecule has 0 aromatic heterocycles. The minimum atomic E-state index is -0.498. The zero-order valence-corrected chi connectivity index (χ0v) is 6.74. The lowest BCUT2D eigenvalue weighted by atomic mass is 9.96. The van der Waals surface area contributed by atoms with Gasteiger partial charge in [-0.2, -0.15) is 0 Å². The maximum Gasteiger partial charge on any atom is 0.0741 e. The number of rotatable bonds is 3. The zero-order valence-electron chi connectivity index (χ0n) is 6.74. The van der Waals surface area contributed by atoms with E-state index in [1.165, 1.54) is 12.8 Å². The summed E-state index contributed by atoms with van der Waals surface area (Å²) in [5.41, 5.74) is 5.50. The van der Waals surface area contributed by atoms with Gasteiger partial charge in [0.2, 0.25) is 0 Å². The Hall–Kier alpha value is -0.120. The van der Waals surface area contributed by atoms with Crippen LogP contribution in [0.5, 0.6) is 0 Å². The molecule has 1 fully saturated rings. The quantitative estimate of drug-likeness (QED) is 0.537. The van der Waals surface area contributed by atoms with Crippen molar-refractivity contribution in [2.24, 2.45) is 11.7 Å². The highest BCUT2D eigenvalue weighted by molar-refractivity contribution is 4.81. The summed E-state index contributed by atoms with van der Waals surface area (Å²) in [7, 11) is 0. The van der Waals surface area contributed by atoms with E-state index in [-0.39, 0.29) is 6.61 Å². The van der Waals surface area contributed by atoms with E-state index in [9.17, 15) is 5.11 Å². The molecule has 1 aliphatic carbocycles. The maximum absolute atomic E-state index is 9.53. The molecule has 3 nitrogen and oxygen atoms in total. The van der Waals surface area contributed by atoms with Crippen molar-refractivity contribution in [2.45, 2.75) is 37.8 Å². The molecule has 0 bridgehead atoms. The summed E-state index contributed by atoms with van der Waals surface area (Å²) in [6.07, 6.45) is 4.02. The fourth-order valence-corrected chi connectivity index (χ4v) is 1.76. The SMILES string of the molecule is N[C@@H](CO)[C@@H](O)C1CCCC1. The lowest BCUT2D eigenvalue weighted by molar-refractivity contribution is 0.0610. The van der Waals surface area contributed by atoms with Gasteiger partial charge in [-0.05, 0) is 18.8 Å². The van der Waals surface area contributed by atoms with Crippen LogP contribution in [0.2, 0.25) is 0 Å². The van der Waals surface area contributed by atoms with Crippen molar-refractivity contribution in [1.82, 2.24) is 0 Å². The fourth-order valence-electron chi connectivity index (χ4n) is 1.76. The molecule has 0 heterocycles. The van der Waals surface area contributed by atoms with Crippen molar-refractivity contribution in [3.8, 4) is 0 Å². The van der Waals surface area contributed by atoms with E-state index in [1.807, 2.05) is 0 Å². The van der Waals surface area contributed by atoms with E-state index in [0.29, 0.717) is 5.92 Å². The molecule has 2 atom stereocenters. The van der Waals surface area contributed by atoms with Crippen molar-refractivity contribution in [2.75, 3.05) is 6.61 Å². The number of hydrogen-bond acceptors (Lipinski definition) is 3. The summed E-state index contributed by atoms with van der Waals surface area (Å²) in [5, 5.41) is 18.2. The van der Waals surface area contributed by atoms with Gasteiger partial charge in [0.1, 0.15) is 0 Å². The molecule has 0 aliphatic heterocycles. The number of aliphatic hydroxyl groups excluding tert-OH is 2. The van der Waals surface area contributed by atoms with E-state index in [0.717, 1.165) is 12.8 Å². The summed E-state index contributed by atoms with van der Waals surface area (Å²) in [4.78, 5) is 0. The van der Waals surface area contributed by atoms with Crippen molar-refractivity contribution < 1.29 is 10.2 Å². The monoisotopic (exact) mass is 159 g/mol. The number of hydrogen-bond donors (Lipinski definition) is 3. The minimum Gasteiger partial charge on any atom is -0.395 e. The first-order valence-electron chi connectivity index (χ1n) is 4.30. The van der Waals surface area contributed by atoms with Crippen LogP contribution in [-0.2, 0) is 0 Å². The Labute approximate surface area is 67.2 Å². The Bertz CT molecular complexity index is 113. The molecule has 4 N–H and O–H groups in total. The summed E-state index contributed by atoms with van der Waals surface area (Å²) in [6.45, 7) is -0.113. The van der Waals surface area contributed by atoms with Gasteiger partial charge in [-0.15, -0.1) is 0 Å². The summed E-state index contributed by atoms with van der Waals surface area (Å²) < 4.78 is 0. The average molecular weight is 159 g/mol. The van der Waals surface area contributed by atoms with Gasteiger partial charge in [-0.25, -0.2) is 0 Å². The number of nitrogens with two attached hydrogens (primary N) is 1. The van der Waals surface area contributed by atoms with E-state index < -0.39 is 12.1 Å². The number of aliphatic hydroxyl groups is 2. The topological polar surface area (TPSA) is 66.5 Å². The predicted molar refractivity (Wildman–Crippen MR) is 43.0 cm³/mol. The predicted octanol–water partition coefficient (Wildman–Crippen LogP) is -0.143. The van der Waals surface area contributed by atoms with E-state index in [1.54, 1.807) is 0 Å². The van der Waals surface area contributed by atoms with Crippen LogP contribution >= 0.6 is 0 Å². The van der Waals surface area contributed by atoms with Crippen LogP contribution in [0, 0.1) is 5.92 Å². The summed E-state index contributed by atoms with van der Waals surface area (Å²) in [6, 6.07) is -0.446. The first-order valence-corrected chi connectivity index (χ1v) is 4.30. The smallest absolute Gasteiger partial charge is 0.0741 e. The Morgan fingerprint density at radius 3 is 2.36 bits per heavy atom. The second-order valence-corrected chi connectivity index (χ2v) is 3.38. The molecule has 0 saturated heterocycles. The molecule has 11 heavy (non-hydrogen) atoms. The second kappa shape index (κ2) is 4.04. The highest BCUT2D eigenvalue weighted by Crippen LogP contribution is 2.28. The Morgan fingerprint density at radius 2 is 1.91 bits per heavy atom. The van der Waals surface area contributed by atoms with Crippen molar-refractivity contribution in [3.63, 3.8) is 0 Å². The molecule has 1 rings (SSSR count). The van der Waals surface area contributed by atoms with Crippen molar-refractivity contribution >= 4 is 0 Å². The average Bonchev–Trinajstić information content (AvgIpc) is 2.53.